The van der Waals surface area contributed by atoms with E-state index >= 15 is 0 Å². The van der Waals surface area contributed by atoms with Crippen molar-refractivity contribution >= 4 is 27.5 Å². The highest BCUT2D eigenvalue weighted by molar-refractivity contribution is 7.92. The number of hydrogen-bond acceptors (Lipinski definition) is 4. The lowest BCUT2D eigenvalue weighted by Gasteiger charge is -2.32. The van der Waals surface area contributed by atoms with E-state index in [-0.39, 0.29) is 29.1 Å². The number of amides is 2. The van der Waals surface area contributed by atoms with Crippen molar-refractivity contribution in [1.29, 1.82) is 0 Å². The maximum absolute atomic E-state index is 13.8. The third-order valence-electron chi connectivity index (χ3n) is 6.33. The second kappa shape index (κ2) is 12.7. The number of rotatable bonds is 11. The number of halogens is 1. The minimum absolute atomic E-state index is 0.00933. The summed E-state index contributed by atoms with van der Waals surface area (Å²) in [4.78, 5) is 28.2. The number of carbonyl (C=O) groups is 2. The van der Waals surface area contributed by atoms with Gasteiger partial charge in [0.25, 0.3) is 10.0 Å². The van der Waals surface area contributed by atoms with Crippen molar-refractivity contribution in [1.82, 2.24) is 10.2 Å². The molecule has 1 N–H and O–H groups in total. The molecule has 202 valence electrons. The van der Waals surface area contributed by atoms with Gasteiger partial charge in [-0.1, -0.05) is 55.0 Å². The van der Waals surface area contributed by atoms with Crippen LogP contribution in [-0.4, -0.2) is 43.8 Å². The van der Waals surface area contributed by atoms with E-state index in [9.17, 15) is 22.4 Å². The van der Waals surface area contributed by atoms with Gasteiger partial charge in [0.2, 0.25) is 11.8 Å². The number of carbonyl (C=O) groups excluding carboxylic acids is 2. The van der Waals surface area contributed by atoms with Crippen LogP contribution >= 0.6 is 0 Å². The number of sulfonamides is 1. The summed E-state index contributed by atoms with van der Waals surface area (Å²) in [6, 6.07) is 19.2. The molecule has 0 radical (unpaired) electrons. The average Bonchev–Trinajstić information content (AvgIpc) is 2.90. The Bertz CT molecular complexity index is 1350. The van der Waals surface area contributed by atoms with Gasteiger partial charge in [-0.15, -0.1) is 0 Å². The van der Waals surface area contributed by atoms with Gasteiger partial charge in [0.15, 0.2) is 0 Å². The fourth-order valence-corrected chi connectivity index (χ4v) is 5.35. The first-order valence-electron chi connectivity index (χ1n) is 12.5. The van der Waals surface area contributed by atoms with E-state index in [0.29, 0.717) is 0 Å². The number of nitrogens with one attached hydrogen (secondary N) is 1. The molecule has 0 aliphatic carbocycles. The van der Waals surface area contributed by atoms with E-state index in [4.69, 9.17) is 0 Å². The van der Waals surface area contributed by atoms with Crippen molar-refractivity contribution < 1.29 is 22.4 Å². The summed E-state index contributed by atoms with van der Waals surface area (Å²) < 4.78 is 41.9. The van der Waals surface area contributed by atoms with E-state index in [2.05, 4.69) is 5.32 Å². The molecule has 0 fully saturated rings. The lowest BCUT2D eigenvalue weighted by atomic mass is 10.1. The van der Waals surface area contributed by atoms with Gasteiger partial charge in [-0.2, -0.15) is 0 Å². The number of nitrogens with zero attached hydrogens (tertiary/aromatic N) is 2. The molecule has 0 unspecified atom stereocenters. The summed E-state index contributed by atoms with van der Waals surface area (Å²) in [5, 5.41) is 2.90. The molecule has 3 aromatic rings. The van der Waals surface area contributed by atoms with Gasteiger partial charge in [-0.05, 0) is 69.2 Å². The highest BCUT2D eigenvalue weighted by Gasteiger charge is 2.32. The fourth-order valence-electron chi connectivity index (χ4n) is 3.91. The molecule has 9 heteroatoms. The molecule has 0 heterocycles. The zero-order valence-corrected chi connectivity index (χ0v) is 22.9. The van der Waals surface area contributed by atoms with Gasteiger partial charge in [0.1, 0.15) is 18.4 Å². The van der Waals surface area contributed by atoms with Crippen molar-refractivity contribution in [2.75, 3.05) is 10.8 Å². The van der Waals surface area contributed by atoms with E-state index in [0.717, 1.165) is 34.0 Å². The fraction of sp³-hybridized carbons (Fsp3) is 0.310. The summed E-state index contributed by atoms with van der Waals surface area (Å²) in [5.74, 6) is -1.43. The molecule has 0 aliphatic heterocycles. The second-order valence-corrected chi connectivity index (χ2v) is 11.2. The van der Waals surface area contributed by atoms with E-state index in [1.54, 1.807) is 25.1 Å². The molecule has 2 atom stereocenters. The molecule has 2 amide bonds. The zero-order chi connectivity index (χ0) is 27.9. The summed E-state index contributed by atoms with van der Waals surface area (Å²) in [6.07, 6.45) is 0.720. The van der Waals surface area contributed by atoms with Gasteiger partial charge < -0.3 is 10.2 Å². The number of benzene rings is 3. The molecular formula is C29H34FN3O4S. The minimum atomic E-state index is -4.18. The van der Waals surface area contributed by atoms with Crippen molar-refractivity contribution in [3.8, 4) is 0 Å². The van der Waals surface area contributed by atoms with Crippen LogP contribution in [0.3, 0.4) is 0 Å². The third-order valence-corrected chi connectivity index (χ3v) is 8.12. The molecule has 0 bridgehead atoms. The summed E-state index contributed by atoms with van der Waals surface area (Å²) in [5.41, 5.74) is 1.93. The van der Waals surface area contributed by atoms with Gasteiger partial charge in [-0.3, -0.25) is 13.9 Å². The number of aryl methyl sites for hydroxylation is 1. The van der Waals surface area contributed by atoms with Crippen LogP contribution in [0.1, 0.15) is 38.3 Å². The van der Waals surface area contributed by atoms with Crippen LogP contribution in [0.2, 0.25) is 0 Å². The monoisotopic (exact) mass is 539 g/mol. The molecule has 7 nitrogen and oxygen atoms in total. The molecule has 0 spiro atoms. The van der Waals surface area contributed by atoms with Crippen molar-refractivity contribution in [3.05, 3.63) is 95.8 Å². The van der Waals surface area contributed by atoms with Crippen LogP contribution in [0.4, 0.5) is 10.1 Å². The van der Waals surface area contributed by atoms with Gasteiger partial charge in [0, 0.05) is 12.6 Å². The van der Waals surface area contributed by atoms with Crippen molar-refractivity contribution in [2.24, 2.45) is 0 Å². The highest BCUT2D eigenvalue weighted by Crippen LogP contribution is 2.25. The highest BCUT2D eigenvalue weighted by atomic mass is 32.2. The molecule has 0 aromatic heterocycles. The molecule has 38 heavy (non-hydrogen) atoms. The molecule has 0 saturated heterocycles. The minimum Gasteiger partial charge on any atom is -0.352 e. The Morgan fingerprint density at radius 2 is 1.61 bits per heavy atom. The van der Waals surface area contributed by atoms with Crippen LogP contribution in [-0.2, 0) is 26.2 Å². The first-order valence-corrected chi connectivity index (χ1v) is 14.0. The van der Waals surface area contributed by atoms with Gasteiger partial charge >= 0.3 is 0 Å². The number of hydrogen-bond donors (Lipinski definition) is 1. The van der Waals surface area contributed by atoms with E-state index in [1.807, 2.05) is 45.0 Å². The van der Waals surface area contributed by atoms with Crippen LogP contribution in [0.5, 0.6) is 0 Å². The molecule has 3 rings (SSSR count). The Balaban J connectivity index is 2.01. The molecular weight excluding hydrogens is 505 g/mol. The SMILES string of the molecule is CC[C@H](C)NC(=O)[C@H](C)N(Cc1cccc(C)c1)C(=O)CN(c1ccc(F)cc1)S(=O)(=O)c1ccccc1. The average molecular weight is 540 g/mol. The maximum Gasteiger partial charge on any atom is 0.264 e. The largest absolute Gasteiger partial charge is 0.352 e. The first-order chi connectivity index (χ1) is 18.0. The second-order valence-electron chi connectivity index (χ2n) is 9.31. The van der Waals surface area contributed by atoms with E-state index < -0.39 is 34.3 Å². The van der Waals surface area contributed by atoms with Crippen LogP contribution in [0, 0.1) is 12.7 Å². The van der Waals surface area contributed by atoms with Crippen LogP contribution < -0.4 is 9.62 Å². The third kappa shape index (κ3) is 7.19. The predicted molar refractivity (Wildman–Crippen MR) is 146 cm³/mol. The normalized spacial score (nSPS) is 12.9. The Morgan fingerprint density at radius 1 is 0.947 bits per heavy atom. The van der Waals surface area contributed by atoms with Gasteiger partial charge in [0.05, 0.1) is 10.6 Å². The summed E-state index contributed by atoms with van der Waals surface area (Å²) in [6.45, 7) is 6.91. The lowest BCUT2D eigenvalue weighted by molar-refractivity contribution is -0.139. The Morgan fingerprint density at radius 3 is 2.21 bits per heavy atom. The standard InChI is InChI=1S/C29H34FN3O4S/c1-5-22(3)31-29(35)23(4)32(19-24-11-9-10-21(2)18-24)28(34)20-33(26-16-14-25(30)15-17-26)38(36,37)27-12-7-6-8-13-27/h6-18,22-23H,5,19-20H2,1-4H3,(H,31,35)/t22-,23-/m0/s1. The van der Waals surface area contributed by atoms with E-state index in [1.165, 1.54) is 29.2 Å². The number of anilines is 1. The Hall–Kier alpha value is -3.72. The molecule has 0 saturated carbocycles. The van der Waals surface area contributed by atoms with Gasteiger partial charge in [-0.25, -0.2) is 12.8 Å². The quantitative estimate of drug-likeness (QED) is 0.384. The molecule has 0 aliphatic rings. The smallest absolute Gasteiger partial charge is 0.264 e. The topological polar surface area (TPSA) is 86.8 Å². The lowest BCUT2D eigenvalue weighted by Crippen LogP contribution is -2.52. The van der Waals surface area contributed by atoms with Crippen molar-refractivity contribution in [2.45, 2.75) is 57.6 Å². The summed E-state index contributed by atoms with van der Waals surface area (Å²) in [7, 11) is -4.18. The van der Waals surface area contributed by atoms with Crippen molar-refractivity contribution in [3.63, 3.8) is 0 Å². The Kier molecular flexibility index (Phi) is 9.63. The summed E-state index contributed by atoms with van der Waals surface area (Å²) >= 11 is 0. The zero-order valence-electron chi connectivity index (χ0n) is 22.1. The van der Waals surface area contributed by atoms with Crippen LogP contribution in [0.25, 0.3) is 0 Å². The molecule has 3 aromatic carbocycles. The van der Waals surface area contributed by atoms with Crippen LogP contribution in [0.15, 0.2) is 83.8 Å². The first kappa shape index (κ1) is 28.8. The Labute approximate surface area is 224 Å². The predicted octanol–water partition coefficient (Wildman–Crippen LogP) is 4.66. The maximum atomic E-state index is 13.8.